The summed E-state index contributed by atoms with van der Waals surface area (Å²) in [4.78, 5) is 19.0. The Morgan fingerprint density at radius 2 is 2.28 bits per heavy atom. The Morgan fingerprint density at radius 1 is 1.39 bits per heavy atom. The van der Waals surface area contributed by atoms with Crippen molar-refractivity contribution >= 4 is 10.9 Å². The first kappa shape index (κ1) is 10.5. The predicted octanol–water partition coefficient (Wildman–Crippen LogP) is 1.12. The third-order valence-electron chi connectivity index (χ3n) is 2.62. The second-order valence-electron chi connectivity index (χ2n) is 3.72. The molecule has 2 aromatic heterocycles. The maximum absolute atomic E-state index is 12.0. The minimum atomic E-state index is -0.218. The van der Waals surface area contributed by atoms with E-state index < -0.39 is 0 Å². The largest absolute Gasteiger partial charge is 0.497 e. The molecule has 6 heteroatoms. The molecule has 0 fully saturated rings. The van der Waals surface area contributed by atoms with Gasteiger partial charge in [-0.15, -0.1) is 0 Å². The molecule has 0 saturated carbocycles. The van der Waals surface area contributed by atoms with Gasteiger partial charge in [0.15, 0.2) is 0 Å². The number of rotatable bonds is 2. The molecule has 0 bridgehead atoms. The second kappa shape index (κ2) is 3.99. The van der Waals surface area contributed by atoms with Crippen LogP contribution < -0.4 is 10.3 Å². The van der Waals surface area contributed by atoms with Crippen LogP contribution in [0.3, 0.4) is 0 Å². The molecule has 3 rings (SSSR count). The maximum atomic E-state index is 12.0. The van der Waals surface area contributed by atoms with Crippen LogP contribution in [0.2, 0.25) is 0 Å². The van der Waals surface area contributed by atoms with Crippen molar-refractivity contribution in [3.63, 3.8) is 0 Å². The van der Waals surface area contributed by atoms with Crippen molar-refractivity contribution in [3.05, 3.63) is 47.0 Å². The van der Waals surface area contributed by atoms with E-state index in [-0.39, 0.29) is 5.56 Å². The highest BCUT2D eigenvalue weighted by atomic mass is 16.5. The van der Waals surface area contributed by atoms with E-state index in [1.165, 1.54) is 4.68 Å². The molecule has 0 aliphatic heterocycles. The quantitative estimate of drug-likeness (QED) is 0.730. The molecule has 6 nitrogen and oxygen atoms in total. The van der Waals surface area contributed by atoms with E-state index in [4.69, 9.17) is 4.74 Å². The minimum absolute atomic E-state index is 0.218. The molecule has 1 N–H and O–H groups in total. The van der Waals surface area contributed by atoms with Gasteiger partial charge in [0.1, 0.15) is 5.75 Å². The number of aromatic nitrogens is 4. The molecule has 3 aromatic rings. The maximum Gasteiger partial charge on any atom is 0.260 e. The minimum Gasteiger partial charge on any atom is -0.497 e. The van der Waals surface area contributed by atoms with Gasteiger partial charge in [0.25, 0.3) is 5.56 Å². The normalized spacial score (nSPS) is 10.7. The number of fused-ring (bicyclic) bond motifs is 1. The molecular weight excluding hydrogens is 232 g/mol. The highest BCUT2D eigenvalue weighted by molar-refractivity contribution is 5.79. The standard InChI is InChI=1S/C12H10N4O2/c1-18-8-3-4-10-9(7-8)11(17)15-12(14-10)16-6-2-5-13-16/h2-7H,1H3,(H,14,15,17). The first-order chi connectivity index (χ1) is 8.78. The number of nitrogens with one attached hydrogen (secondary N) is 1. The van der Waals surface area contributed by atoms with E-state index in [1.54, 1.807) is 43.8 Å². The lowest BCUT2D eigenvalue weighted by atomic mass is 10.2. The first-order valence-corrected chi connectivity index (χ1v) is 5.36. The lowest BCUT2D eigenvalue weighted by Crippen LogP contribution is -2.13. The van der Waals surface area contributed by atoms with Crippen LogP contribution in [-0.4, -0.2) is 26.9 Å². The van der Waals surface area contributed by atoms with Gasteiger partial charge < -0.3 is 4.74 Å². The number of hydrogen-bond donors (Lipinski definition) is 1. The van der Waals surface area contributed by atoms with Gasteiger partial charge in [-0.2, -0.15) is 5.10 Å². The van der Waals surface area contributed by atoms with Crippen LogP contribution in [0.15, 0.2) is 41.5 Å². The zero-order chi connectivity index (χ0) is 12.5. The van der Waals surface area contributed by atoms with E-state index in [2.05, 4.69) is 15.1 Å². The third-order valence-corrected chi connectivity index (χ3v) is 2.62. The Hall–Kier alpha value is -2.63. The van der Waals surface area contributed by atoms with Crippen LogP contribution in [0.5, 0.6) is 5.75 Å². The van der Waals surface area contributed by atoms with E-state index in [0.717, 1.165) is 0 Å². The molecule has 0 aliphatic rings. The van der Waals surface area contributed by atoms with Crippen LogP contribution in [0.1, 0.15) is 0 Å². The van der Waals surface area contributed by atoms with Crippen molar-refractivity contribution in [1.82, 2.24) is 19.7 Å². The van der Waals surface area contributed by atoms with Gasteiger partial charge >= 0.3 is 0 Å². The summed E-state index contributed by atoms with van der Waals surface area (Å²) in [6.45, 7) is 0. The lowest BCUT2D eigenvalue weighted by molar-refractivity contribution is 0.415. The summed E-state index contributed by atoms with van der Waals surface area (Å²) < 4.78 is 6.59. The number of methoxy groups -OCH3 is 1. The van der Waals surface area contributed by atoms with Gasteiger partial charge in [0.05, 0.1) is 18.0 Å². The number of nitrogens with zero attached hydrogens (tertiary/aromatic N) is 3. The number of benzene rings is 1. The molecule has 0 unspecified atom stereocenters. The summed E-state index contributed by atoms with van der Waals surface area (Å²) in [5.41, 5.74) is 0.384. The molecule has 18 heavy (non-hydrogen) atoms. The van der Waals surface area contributed by atoms with Crippen LogP contribution in [0, 0.1) is 0 Å². The highest BCUT2D eigenvalue weighted by Crippen LogP contribution is 2.16. The fourth-order valence-corrected chi connectivity index (χ4v) is 1.74. The Labute approximate surface area is 102 Å². The average molecular weight is 242 g/mol. The monoisotopic (exact) mass is 242 g/mol. The molecule has 0 atom stereocenters. The molecule has 0 amide bonds. The Balaban J connectivity index is 2.26. The van der Waals surface area contributed by atoms with E-state index >= 15 is 0 Å². The summed E-state index contributed by atoms with van der Waals surface area (Å²) in [5, 5.41) is 4.52. The summed E-state index contributed by atoms with van der Waals surface area (Å²) in [5.74, 6) is 1.02. The molecule has 90 valence electrons. The van der Waals surface area contributed by atoms with Crippen LogP contribution in [0.25, 0.3) is 16.9 Å². The smallest absolute Gasteiger partial charge is 0.260 e. The molecule has 1 aromatic carbocycles. The summed E-state index contributed by atoms with van der Waals surface area (Å²) >= 11 is 0. The van der Waals surface area contributed by atoms with Gasteiger partial charge in [-0.1, -0.05) is 0 Å². The van der Waals surface area contributed by atoms with Crippen molar-refractivity contribution in [2.45, 2.75) is 0 Å². The number of ether oxygens (including phenoxy) is 1. The number of hydrogen-bond acceptors (Lipinski definition) is 4. The topological polar surface area (TPSA) is 72.8 Å². The lowest BCUT2D eigenvalue weighted by Gasteiger charge is -2.04. The first-order valence-electron chi connectivity index (χ1n) is 5.36. The van der Waals surface area contributed by atoms with Gasteiger partial charge in [-0.05, 0) is 24.3 Å². The Bertz CT molecular complexity index is 746. The Morgan fingerprint density at radius 3 is 3.00 bits per heavy atom. The van der Waals surface area contributed by atoms with E-state index in [0.29, 0.717) is 22.6 Å². The van der Waals surface area contributed by atoms with Gasteiger partial charge in [0, 0.05) is 12.4 Å². The van der Waals surface area contributed by atoms with Crippen molar-refractivity contribution in [1.29, 1.82) is 0 Å². The van der Waals surface area contributed by atoms with Crippen LogP contribution >= 0.6 is 0 Å². The van der Waals surface area contributed by atoms with Crippen LogP contribution in [-0.2, 0) is 0 Å². The van der Waals surface area contributed by atoms with E-state index in [1.807, 2.05) is 0 Å². The van der Waals surface area contributed by atoms with Crippen molar-refractivity contribution in [3.8, 4) is 11.7 Å². The van der Waals surface area contributed by atoms with Gasteiger partial charge in [0.2, 0.25) is 5.95 Å². The zero-order valence-corrected chi connectivity index (χ0v) is 9.62. The van der Waals surface area contributed by atoms with Crippen LogP contribution in [0.4, 0.5) is 0 Å². The number of H-pyrrole nitrogens is 1. The summed E-state index contributed by atoms with van der Waals surface area (Å²) in [6, 6.07) is 6.93. The van der Waals surface area contributed by atoms with Crippen molar-refractivity contribution < 1.29 is 4.74 Å². The van der Waals surface area contributed by atoms with Crippen molar-refractivity contribution in [2.75, 3.05) is 7.11 Å². The summed E-state index contributed by atoms with van der Waals surface area (Å²) in [6.07, 6.45) is 3.34. The predicted molar refractivity (Wildman–Crippen MR) is 66.0 cm³/mol. The Kier molecular flexibility index (Phi) is 2.33. The van der Waals surface area contributed by atoms with E-state index in [9.17, 15) is 4.79 Å². The molecule has 0 spiro atoms. The van der Waals surface area contributed by atoms with Crippen molar-refractivity contribution in [2.24, 2.45) is 0 Å². The highest BCUT2D eigenvalue weighted by Gasteiger charge is 2.06. The molecule has 2 heterocycles. The van der Waals surface area contributed by atoms with Gasteiger partial charge in [-0.3, -0.25) is 9.78 Å². The third kappa shape index (κ3) is 1.64. The second-order valence-corrected chi connectivity index (χ2v) is 3.72. The zero-order valence-electron chi connectivity index (χ0n) is 9.62. The average Bonchev–Trinajstić information content (AvgIpc) is 2.92. The summed E-state index contributed by atoms with van der Waals surface area (Å²) in [7, 11) is 1.56. The molecule has 0 saturated heterocycles. The SMILES string of the molecule is COc1ccc2nc(-n3cccn3)[nH]c(=O)c2c1. The number of aromatic amines is 1. The fourth-order valence-electron chi connectivity index (χ4n) is 1.74. The molecule has 0 aliphatic carbocycles. The molecule has 0 radical (unpaired) electrons. The van der Waals surface area contributed by atoms with Gasteiger partial charge in [-0.25, -0.2) is 9.67 Å². The fraction of sp³-hybridized carbons (Fsp3) is 0.0833. The molecular formula is C12H10N4O2.